The summed E-state index contributed by atoms with van der Waals surface area (Å²) in [6.45, 7) is 5.44. The number of rotatable bonds is 5. The Labute approximate surface area is 145 Å². The van der Waals surface area contributed by atoms with Crippen LogP contribution in [0.15, 0.2) is 28.7 Å². The monoisotopic (exact) mass is 346 g/mol. The van der Waals surface area contributed by atoms with E-state index in [2.05, 4.69) is 16.2 Å². The molecule has 2 aromatic rings. The first-order chi connectivity index (χ1) is 11.8. The van der Waals surface area contributed by atoms with Gasteiger partial charge >= 0.3 is 11.9 Å². The largest absolute Gasteiger partial charge is 0.451 e. The minimum atomic E-state index is -0.848. The summed E-state index contributed by atoms with van der Waals surface area (Å²) in [5.74, 6) is -1.18. The molecule has 8 nitrogen and oxygen atoms in total. The first-order valence-corrected chi connectivity index (χ1v) is 7.99. The number of amides is 4. The number of nitrogens with one attached hydrogen (secondary N) is 3. The molecular weight excluding hydrogens is 324 g/mol. The van der Waals surface area contributed by atoms with Crippen LogP contribution in [0.1, 0.15) is 36.4 Å². The Kier molecular flexibility index (Phi) is 5.63. The number of primary amides is 1. The SMILES string of the molecule is CC[C@H](C)[C@H](NC(N)=O)C(=O)NNC(=O)c1oc2ccccc2c1C. The average Bonchev–Trinajstić information content (AvgIpc) is 2.93. The average molecular weight is 346 g/mol. The lowest BCUT2D eigenvalue weighted by Crippen LogP contribution is -2.55. The number of furan rings is 1. The number of urea groups is 1. The van der Waals surface area contributed by atoms with Gasteiger partial charge in [0, 0.05) is 10.9 Å². The highest BCUT2D eigenvalue weighted by atomic mass is 16.3. The molecule has 0 radical (unpaired) electrons. The third-order valence-corrected chi connectivity index (χ3v) is 4.14. The molecule has 25 heavy (non-hydrogen) atoms. The van der Waals surface area contributed by atoms with E-state index in [4.69, 9.17) is 10.2 Å². The Balaban J connectivity index is 2.08. The summed E-state index contributed by atoms with van der Waals surface area (Å²) in [6, 6.07) is 5.60. The second kappa shape index (κ2) is 7.69. The molecule has 0 saturated carbocycles. The molecule has 8 heteroatoms. The highest BCUT2D eigenvalue weighted by Gasteiger charge is 2.26. The van der Waals surface area contributed by atoms with E-state index in [1.807, 2.05) is 19.1 Å². The Bertz CT molecular complexity index is 799. The number of carbonyl (C=O) groups excluding carboxylic acids is 3. The van der Waals surface area contributed by atoms with Crippen LogP contribution in [0.3, 0.4) is 0 Å². The highest BCUT2D eigenvalue weighted by Crippen LogP contribution is 2.24. The molecule has 4 amide bonds. The predicted octanol–water partition coefficient (Wildman–Crippen LogP) is 1.59. The van der Waals surface area contributed by atoms with Crippen molar-refractivity contribution in [1.82, 2.24) is 16.2 Å². The van der Waals surface area contributed by atoms with Gasteiger partial charge in [-0.05, 0) is 18.9 Å². The minimum absolute atomic E-state index is 0.115. The molecule has 0 aliphatic carbocycles. The number of nitrogens with two attached hydrogens (primary N) is 1. The van der Waals surface area contributed by atoms with Crippen molar-refractivity contribution in [3.05, 3.63) is 35.6 Å². The topological polar surface area (TPSA) is 126 Å². The number of carbonyl (C=O) groups is 3. The van der Waals surface area contributed by atoms with Gasteiger partial charge < -0.3 is 15.5 Å². The van der Waals surface area contributed by atoms with Crippen LogP contribution in [0.25, 0.3) is 11.0 Å². The standard InChI is InChI=1S/C17H22N4O4/c1-4-9(2)13(19-17(18)24)15(22)20-21-16(23)14-10(3)11-7-5-6-8-12(11)25-14/h5-9,13H,4H2,1-3H3,(H,20,22)(H,21,23)(H3,18,19,24)/t9-,13-/m0/s1. The van der Waals surface area contributed by atoms with E-state index in [0.29, 0.717) is 17.6 Å². The van der Waals surface area contributed by atoms with Crippen LogP contribution in [0.2, 0.25) is 0 Å². The van der Waals surface area contributed by atoms with Gasteiger partial charge in [-0.3, -0.25) is 20.4 Å². The van der Waals surface area contributed by atoms with E-state index >= 15 is 0 Å². The molecule has 0 unspecified atom stereocenters. The first-order valence-electron chi connectivity index (χ1n) is 7.99. The van der Waals surface area contributed by atoms with Gasteiger partial charge in [0.1, 0.15) is 11.6 Å². The molecule has 5 N–H and O–H groups in total. The Morgan fingerprint density at radius 1 is 1.20 bits per heavy atom. The number of hydrogen-bond acceptors (Lipinski definition) is 4. The summed E-state index contributed by atoms with van der Waals surface area (Å²) in [4.78, 5) is 35.6. The Hall–Kier alpha value is -3.03. The van der Waals surface area contributed by atoms with Crippen LogP contribution in [0.4, 0.5) is 4.79 Å². The highest BCUT2D eigenvalue weighted by molar-refractivity contribution is 6.00. The molecule has 2 rings (SSSR count). The number of hydrazine groups is 1. The normalized spacial score (nSPS) is 13.1. The Morgan fingerprint density at radius 2 is 1.88 bits per heavy atom. The molecule has 134 valence electrons. The van der Waals surface area contributed by atoms with Crippen molar-refractivity contribution in [2.75, 3.05) is 0 Å². The van der Waals surface area contributed by atoms with Gasteiger partial charge in [0.25, 0.3) is 5.91 Å². The van der Waals surface area contributed by atoms with Crippen LogP contribution >= 0.6 is 0 Å². The number of fused-ring (bicyclic) bond motifs is 1. The predicted molar refractivity (Wildman–Crippen MR) is 92.5 cm³/mol. The molecule has 1 aromatic heterocycles. The lowest BCUT2D eigenvalue weighted by molar-refractivity contribution is -0.124. The maximum Gasteiger partial charge on any atom is 0.312 e. The summed E-state index contributed by atoms with van der Waals surface area (Å²) in [5, 5.41) is 3.20. The lowest BCUT2D eigenvalue weighted by atomic mass is 9.99. The maximum atomic E-state index is 12.3. The van der Waals surface area contributed by atoms with E-state index in [1.165, 1.54) is 0 Å². The van der Waals surface area contributed by atoms with Gasteiger partial charge in [0.05, 0.1) is 0 Å². The fraction of sp³-hybridized carbons (Fsp3) is 0.353. The number of aryl methyl sites for hydroxylation is 1. The lowest BCUT2D eigenvalue weighted by Gasteiger charge is -2.22. The molecule has 0 bridgehead atoms. The van der Waals surface area contributed by atoms with Crippen molar-refractivity contribution in [1.29, 1.82) is 0 Å². The van der Waals surface area contributed by atoms with Gasteiger partial charge in [0.2, 0.25) is 0 Å². The Morgan fingerprint density at radius 3 is 2.48 bits per heavy atom. The van der Waals surface area contributed by atoms with Gasteiger partial charge in [-0.1, -0.05) is 38.5 Å². The molecule has 0 aliphatic rings. The zero-order chi connectivity index (χ0) is 18.6. The van der Waals surface area contributed by atoms with Gasteiger partial charge in [-0.15, -0.1) is 0 Å². The molecule has 0 aliphatic heterocycles. The summed E-state index contributed by atoms with van der Waals surface area (Å²) in [7, 11) is 0. The van der Waals surface area contributed by atoms with Crippen LogP contribution in [0, 0.1) is 12.8 Å². The molecule has 0 spiro atoms. The second-order valence-electron chi connectivity index (χ2n) is 5.87. The van der Waals surface area contributed by atoms with Crippen molar-refractivity contribution in [2.45, 2.75) is 33.2 Å². The van der Waals surface area contributed by atoms with E-state index in [1.54, 1.807) is 26.0 Å². The van der Waals surface area contributed by atoms with Crippen molar-refractivity contribution in [3.8, 4) is 0 Å². The van der Waals surface area contributed by atoms with Crippen molar-refractivity contribution in [2.24, 2.45) is 11.7 Å². The summed E-state index contributed by atoms with van der Waals surface area (Å²) >= 11 is 0. The zero-order valence-corrected chi connectivity index (χ0v) is 14.4. The fourth-order valence-corrected chi connectivity index (χ4v) is 2.50. The second-order valence-corrected chi connectivity index (χ2v) is 5.87. The molecule has 1 heterocycles. The molecule has 1 aromatic carbocycles. The smallest absolute Gasteiger partial charge is 0.312 e. The zero-order valence-electron chi connectivity index (χ0n) is 14.4. The van der Waals surface area contributed by atoms with Gasteiger partial charge in [-0.25, -0.2) is 4.79 Å². The molecule has 0 fully saturated rings. The number of para-hydroxylation sites is 1. The van der Waals surface area contributed by atoms with Crippen molar-refractivity contribution >= 4 is 28.8 Å². The van der Waals surface area contributed by atoms with Crippen LogP contribution in [0.5, 0.6) is 0 Å². The number of hydrogen-bond donors (Lipinski definition) is 4. The van der Waals surface area contributed by atoms with Crippen molar-refractivity contribution < 1.29 is 18.8 Å². The third kappa shape index (κ3) is 4.09. The molecular formula is C17H22N4O4. The van der Waals surface area contributed by atoms with Crippen LogP contribution in [-0.4, -0.2) is 23.9 Å². The minimum Gasteiger partial charge on any atom is -0.451 e. The van der Waals surface area contributed by atoms with E-state index in [0.717, 1.165) is 5.39 Å². The number of benzene rings is 1. The summed E-state index contributed by atoms with van der Waals surface area (Å²) in [6.07, 6.45) is 0.648. The van der Waals surface area contributed by atoms with Crippen LogP contribution < -0.4 is 21.9 Å². The van der Waals surface area contributed by atoms with Gasteiger partial charge in [0.15, 0.2) is 5.76 Å². The van der Waals surface area contributed by atoms with Crippen LogP contribution in [-0.2, 0) is 4.79 Å². The first kappa shape index (κ1) is 18.3. The summed E-state index contributed by atoms with van der Waals surface area (Å²) in [5.41, 5.74) is 11.0. The van der Waals surface area contributed by atoms with E-state index in [-0.39, 0.29) is 11.7 Å². The molecule has 2 atom stereocenters. The maximum absolute atomic E-state index is 12.3. The van der Waals surface area contributed by atoms with E-state index in [9.17, 15) is 14.4 Å². The summed E-state index contributed by atoms with van der Waals surface area (Å²) < 4.78 is 5.53. The molecule has 0 saturated heterocycles. The van der Waals surface area contributed by atoms with Crippen molar-refractivity contribution in [3.63, 3.8) is 0 Å². The quantitative estimate of drug-likeness (QED) is 0.613. The third-order valence-electron chi connectivity index (χ3n) is 4.14. The fourth-order valence-electron chi connectivity index (χ4n) is 2.50. The van der Waals surface area contributed by atoms with E-state index < -0.39 is 23.9 Å². The van der Waals surface area contributed by atoms with Gasteiger partial charge in [-0.2, -0.15) is 0 Å².